The molecule has 4 heterocycles. The minimum Gasteiger partial charge on any atom is -0.384 e. The number of aromatic nitrogens is 3. The van der Waals surface area contributed by atoms with Crippen LogP contribution in [0.3, 0.4) is 0 Å². The van der Waals surface area contributed by atoms with E-state index in [9.17, 15) is 0 Å². The van der Waals surface area contributed by atoms with Gasteiger partial charge in [0.15, 0.2) is 0 Å². The van der Waals surface area contributed by atoms with Gasteiger partial charge in [-0.3, -0.25) is 0 Å². The lowest BCUT2D eigenvalue weighted by atomic mass is 9.94. The number of piperidine rings is 1. The molecule has 0 unspecified atom stereocenters. The summed E-state index contributed by atoms with van der Waals surface area (Å²) in [4.78, 5) is 12.9. The first kappa shape index (κ1) is 17.9. The van der Waals surface area contributed by atoms with Crippen molar-refractivity contribution in [1.82, 2.24) is 20.3 Å². The van der Waals surface area contributed by atoms with Gasteiger partial charge < -0.3 is 16.0 Å². The van der Waals surface area contributed by atoms with Crippen LogP contribution in [0, 0.1) is 0 Å². The summed E-state index contributed by atoms with van der Waals surface area (Å²) < 4.78 is 0. The molecule has 1 aliphatic rings. The van der Waals surface area contributed by atoms with E-state index in [1.807, 2.05) is 18.3 Å². The van der Waals surface area contributed by atoms with Gasteiger partial charge >= 0.3 is 0 Å². The molecule has 0 radical (unpaired) electrons. The Morgan fingerprint density at radius 2 is 1.83 bits per heavy atom. The summed E-state index contributed by atoms with van der Waals surface area (Å²) in [5.74, 6) is 1.09. The van der Waals surface area contributed by atoms with Crippen molar-refractivity contribution >= 4 is 16.9 Å². The van der Waals surface area contributed by atoms with Crippen molar-refractivity contribution in [1.29, 1.82) is 0 Å². The van der Waals surface area contributed by atoms with Gasteiger partial charge in [-0.05, 0) is 61.7 Å². The van der Waals surface area contributed by atoms with Crippen molar-refractivity contribution in [2.45, 2.75) is 25.2 Å². The van der Waals surface area contributed by atoms with Crippen molar-refractivity contribution < 1.29 is 0 Å². The topological polar surface area (TPSA) is 79.6 Å². The molecular weight excluding hydrogens is 358 g/mol. The maximum atomic E-state index is 6.08. The summed E-state index contributed by atoms with van der Waals surface area (Å²) in [7, 11) is 0. The largest absolute Gasteiger partial charge is 0.384 e. The third kappa shape index (κ3) is 3.61. The van der Waals surface area contributed by atoms with Crippen molar-refractivity contribution in [3.05, 3.63) is 77.6 Å². The fraction of sp³-hybridized carbons (Fsp3) is 0.250. The first-order chi connectivity index (χ1) is 14.3. The number of hydrogen-bond donors (Lipinski definition) is 3. The summed E-state index contributed by atoms with van der Waals surface area (Å²) in [6, 6.07) is 18.8. The number of nitrogens with two attached hydrogens (primary N) is 1. The molecule has 0 spiro atoms. The van der Waals surface area contributed by atoms with Gasteiger partial charge in [-0.2, -0.15) is 0 Å². The predicted molar refractivity (Wildman–Crippen MR) is 118 cm³/mol. The quantitative estimate of drug-likeness (QED) is 0.492. The lowest BCUT2D eigenvalue weighted by Crippen LogP contribution is -2.26. The van der Waals surface area contributed by atoms with Gasteiger partial charge in [-0.1, -0.05) is 36.4 Å². The summed E-state index contributed by atoms with van der Waals surface area (Å²) in [6.45, 7) is 2.14. The van der Waals surface area contributed by atoms with Crippen LogP contribution in [0.5, 0.6) is 0 Å². The fourth-order valence-corrected chi connectivity index (χ4v) is 4.30. The summed E-state index contributed by atoms with van der Waals surface area (Å²) in [5, 5.41) is 4.56. The van der Waals surface area contributed by atoms with Crippen LogP contribution in [0.25, 0.3) is 22.3 Å². The van der Waals surface area contributed by atoms with Gasteiger partial charge in [0.1, 0.15) is 11.5 Å². The summed E-state index contributed by atoms with van der Waals surface area (Å²) in [6.07, 6.45) is 4.98. The Morgan fingerprint density at radius 1 is 1.00 bits per heavy atom. The number of benzene rings is 1. The summed E-state index contributed by atoms with van der Waals surface area (Å²) >= 11 is 0. The first-order valence-electron chi connectivity index (χ1n) is 10.3. The molecule has 1 aliphatic heterocycles. The van der Waals surface area contributed by atoms with Gasteiger partial charge in [0.25, 0.3) is 0 Å². The van der Waals surface area contributed by atoms with E-state index in [4.69, 9.17) is 10.7 Å². The van der Waals surface area contributed by atoms with Gasteiger partial charge in [0.05, 0.1) is 5.69 Å². The second-order valence-corrected chi connectivity index (χ2v) is 7.78. The van der Waals surface area contributed by atoms with Crippen LogP contribution in [0.1, 0.15) is 35.6 Å². The number of hydrogen-bond acceptors (Lipinski definition) is 4. The molecule has 3 aromatic heterocycles. The molecule has 1 saturated heterocycles. The molecule has 5 rings (SSSR count). The molecular formula is C24H25N5. The zero-order valence-corrected chi connectivity index (χ0v) is 16.4. The second kappa shape index (κ2) is 7.68. The number of anilines is 1. The maximum absolute atomic E-state index is 6.08. The van der Waals surface area contributed by atoms with Crippen LogP contribution in [0.15, 0.2) is 60.8 Å². The van der Waals surface area contributed by atoms with Gasteiger partial charge in [-0.15, -0.1) is 0 Å². The molecule has 0 bridgehead atoms. The zero-order valence-electron chi connectivity index (χ0n) is 16.4. The van der Waals surface area contributed by atoms with Crippen LogP contribution in [0.4, 0.5) is 5.82 Å². The first-order valence-corrected chi connectivity index (χ1v) is 10.3. The maximum Gasteiger partial charge on any atom is 0.138 e. The smallest absolute Gasteiger partial charge is 0.138 e. The Hall–Kier alpha value is -3.18. The number of H-pyrrole nitrogens is 1. The fourth-order valence-electron chi connectivity index (χ4n) is 4.30. The monoisotopic (exact) mass is 383 g/mol. The molecule has 0 amide bonds. The molecule has 5 heteroatoms. The molecule has 4 N–H and O–H groups in total. The average Bonchev–Trinajstić information content (AvgIpc) is 3.21. The van der Waals surface area contributed by atoms with Gasteiger partial charge in [0.2, 0.25) is 0 Å². The van der Waals surface area contributed by atoms with Crippen LogP contribution < -0.4 is 11.1 Å². The SMILES string of the molecule is Nc1ccc(Cc2ccccc2)c(-c2ccnc3[nH]c(C4CCNCC4)cc23)n1. The highest BCUT2D eigenvalue weighted by Crippen LogP contribution is 2.34. The van der Waals surface area contributed by atoms with E-state index in [0.717, 1.165) is 54.6 Å². The van der Waals surface area contributed by atoms with E-state index in [0.29, 0.717) is 11.7 Å². The van der Waals surface area contributed by atoms with E-state index in [-0.39, 0.29) is 0 Å². The Kier molecular flexibility index (Phi) is 4.74. The number of aromatic amines is 1. The molecule has 1 aromatic carbocycles. The lowest BCUT2D eigenvalue weighted by Gasteiger charge is -2.21. The number of fused-ring (bicyclic) bond motifs is 1. The molecule has 5 nitrogen and oxygen atoms in total. The average molecular weight is 383 g/mol. The van der Waals surface area contributed by atoms with Crippen LogP contribution in [-0.4, -0.2) is 28.0 Å². The Labute approximate surface area is 170 Å². The molecule has 0 saturated carbocycles. The molecule has 146 valence electrons. The van der Waals surface area contributed by atoms with Crippen molar-refractivity contribution in [3.8, 4) is 11.3 Å². The molecule has 4 aromatic rings. The zero-order chi connectivity index (χ0) is 19.6. The standard InChI is InChI=1S/C24H25N5/c25-22-7-6-18(14-16-4-2-1-3-5-16)23(29-22)19-10-13-27-24-20(19)15-21(28-24)17-8-11-26-12-9-17/h1-7,10,13,15,17,26H,8-9,11-12,14H2,(H2,25,29)(H,27,28). The highest BCUT2D eigenvalue weighted by molar-refractivity contribution is 5.93. The lowest BCUT2D eigenvalue weighted by molar-refractivity contribution is 0.455. The minimum absolute atomic E-state index is 0.538. The normalized spacial score (nSPS) is 15.0. The van der Waals surface area contributed by atoms with E-state index in [2.05, 4.69) is 57.7 Å². The van der Waals surface area contributed by atoms with Crippen LogP contribution in [0.2, 0.25) is 0 Å². The Morgan fingerprint density at radius 3 is 2.66 bits per heavy atom. The third-order valence-electron chi connectivity index (χ3n) is 5.82. The van der Waals surface area contributed by atoms with Crippen molar-refractivity contribution in [2.24, 2.45) is 0 Å². The van der Waals surface area contributed by atoms with E-state index >= 15 is 0 Å². The van der Waals surface area contributed by atoms with Crippen molar-refractivity contribution in [3.63, 3.8) is 0 Å². The third-order valence-corrected chi connectivity index (χ3v) is 5.82. The van der Waals surface area contributed by atoms with Gasteiger partial charge in [-0.25, -0.2) is 9.97 Å². The van der Waals surface area contributed by atoms with Crippen molar-refractivity contribution in [2.75, 3.05) is 18.8 Å². The molecule has 0 aliphatic carbocycles. The number of nitrogens with zero attached hydrogens (tertiary/aromatic N) is 2. The highest BCUT2D eigenvalue weighted by Gasteiger charge is 2.20. The molecule has 29 heavy (non-hydrogen) atoms. The number of nitrogen functional groups attached to an aromatic ring is 1. The van der Waals surface area contributed by atoms with E-state index in [1.165, 1.54) is 16.8 Å². The predicted octanol–water partition coefficient (Wildman–Crippen LogP) is 4.26. The van der Waals surface area contributed by atoms with E-state index < -0.39 is 0 Å². The minimum atomic E-state index is 0.538. The molecule has 1 fully saturated rings. The number of rotatable bonds is 4. The van der Waals surface area contributed by atoms with Crippen LogP contribution >= 0.6 is 0 Å². The van der Waals surface area contributed by atoms with Gasteiger partial charge in [0, 0.05) is 28.8 Å². The van der Waals surface area contributed by atoms with E-state index in [1.54, 1.807) is 0 Å². The summed E-state index contributed by atoms with van der Waals surface area (Å²) in [5.41, 5.74) is 12.7. The highest BCUT2D eigenvalue weighted by atomic mass is 14.9. The number of pyridine rings is 2. The number of nitrogens with one attached hydrogen (secondary N) is 2. The molecule has 0 atom stereocenters. The Balaban J connectivity index is 1.60. The second-order valence-electron chi connectivity index (χ2n) is 7.78. The van der Waals surface area contributed by atoms with Crippen LogP contribution in [-0.2, 0) is 6.42 Å². The Bertz CT molecular complexity index is 1130.